The molecule has 0 spiro atoms. The standard InChI is InChI=1S/C15H26N2O6S/c1-15(2,3)23-14(21)12(19)9(16)6-7-11(18)17-10(8-24-5)13(20)22-4/h9-10H,6-8,16H2,1-5H3,(H,17,18)/t9-,10-/m0/s1. The molecule has 0 bridgehead atoms. The van der Waals surface area contributed by atoms with E-state index in [1.54, 1.807) is 27.0 Å². The van der Waals surface area contributed by atoms with Gasteiger partial charge in [0, 0.05) is 12.2 Å². The van der Waals surface area contributed by atoms with Crippen molar-refractivity contribution in [3.8, 4) is 0 Å². The summed E-state index contributed by atoms with van der Waals surface area (Å²) in [6, 6.07) is -1.90. The van der Waals surface area contributed by atoms with Crippen molar-refractivity contribution in [2.45, 2.75) is 51.3 Å². The first-order chi connectivity index (χ1) is 11.0. The highest BCUT2D eigenvalue weighted by atomic mass is 32.2. The number of ether oxygens (including phenoxy) is 2. The van der Waals surface area contributed by atoms with Crippen molar-refractivity contribution >= 4 is 35.4 Å². The third kappa shape index (κ3) is 8.88. The summed E-state index contributed by atoms with van der Waals surface area (Å²) in [6.07, 6.45) is 1.66. The fourth-order valence-electron chi connectivity index (χ4n) is 1.64. The van der Waals surface area contributed by atoms with Crippen LogP contribution in [0.15, 0.2) is 0 Å². The molecule has 0 aliphatic rings. The van der Waals surface area contributed by atoms with Gasteiger partial charge < -0.3 is 20.5 Å². The Morgan fingerprint density at radius 3 is 2.25 bits per heavy atom. The SMILES string of the molecule is COC(=O)[C@H](CSC)NC(=O)CC[C@H](N)C(=O)C(=O)OC(C)(C)C. The van der Waals surface area contributed by atoms with E-state index in [1.807, 2.05) is 0 Å². The maximum absolute atomic E-state index is 11.9. The molecular weight excluding hydrogens is 336 g/mol. The lowest BCUT2D eigenvalue weighted by Gasteiger charge is -2.20. The summed E-state index contributed by atoms with van der Waals surface area (Å²) < 4.78 is 9.54. The van der Waals surface area contributed by atoms with Crippen LogP contribution >= 0.6 is 11.8 Å². The predicted molar refractivity (Wildman–Crippen MR) is 90.4 cm³/mol. The van der Waals surface area contributed by atoms with E-state index in [1.165, 1.54) is 18.9 Å². The number of ketones is 1. The molecule has 9 heteroatoms. The molecule has 138 valence electrons. The first-order valence-corrected chi connectivity index (χ1v) is 8.80. The van der Waals surface area contributed by atoms with Crippen LogP contribution in [0.2, 0.25) is 0 Å². The maximum Gasteiger partial charge on any atom is 0.376 e. The van der Waals surface area contributed by atoms with Gasteiger partial charge in [-0.2, -0.15) is 11.8 Å². The van der Waals surface area contributed by atoms with Gasteiger partial charge in [0.25, 0.3) is 5.78 Å². The van der Waals surface area contributed by atoms with E-state index in [0.29, 0.717) is 5.75 Å². The Bertz CT molecular complexity index is 475. The smallest absolute Gasteiger partial charge is 0.376 e. The van der Waals surface area contributed by atoms with Crippen molar-refractivity contribution in [3.63, 3.8) is 0 Å². The molecule has 0 radical (unpaired) electrons. The third-order valence-electron chi connectivity index (χ3n) is 2.77. The number of amides is 1. The largest absolute Gasteiger partial charge is 0.467 e. The summed E-state index contributed by atoms with van der Waals surface area (Å²) in [5, 5.41) is 2.51. The van der Waals surface area contributed by atoms with Crippen molar-refractivity contribution in [1.82, 2.24) is 5.32 Å². The zero-order chi connectivity index (χ0) is 18.9. The Morgan fingerprint density at radius 2 is 1.79 bits per heavy atom. The first kappa shape index (κ1) is 22.4. The second-order valence-corrected chi connectivity index (χ2v) is 7.02. The van der Waals surface area contributed by atoms with Crippen LogP contribution in [0.25, 0.3) is 0 Å². The highest BCUT2D eigenvalue weighted by Crippen LogP contribution is 2.09. The number of nitrogens with one attached hydrogen (secondary N) is 1. The summed E-state index contributed by atoms with van der Waals surface area (Å²) in [6.45, 7) is 4.90. The number of carbonyl (C=O) groups excluding carboxylic acids is 4. The molecule has 0 fully saturated rings. The normalized spacial score (nSPS) is 13.6. The minimum atomic E-state index is -1.14. The number of nitrogens with two attached hydrogens (primary N) is 1. The Labute approximate surface area is 146 Å². The van der Waals surface area contributed by atoms with E-state index < -0.39 is 41.3 Å². The van der Waals surface area contributed by atoms with Gasteiger partial charge in [0.15, 0.2) is 0 Å². The molecule has 2 atom stereocenters. The minimum Gasteiger partial charge on any atom is -0.467 e. The average molecular weight is 362 g/mol. The molecular formula is C15H26N2O6S. The maximum atomic E-state index is 11.9. The van der Waals surface area contributed by atoms with Crippen LogP contribution in [0.4, 0.5) is 0 Å². The number of hydrogen-bond donors (Lipinski definition) is 2. The highest BCUT2D eigenvalue weighted by molar-refractivity contribution is 7.98. The lowest BCUT2D eigenvalue weighted by atomic mass is 10.1. The topological polar surface area (TPSA) is 125 Å². The predicted octanol–water partition coefficient (Wildman–Crippen LogP) is 0.0255. The molecule has 0 aliphatic carbocycles. The molecule has 0 saturated heterocycles. The second kappa shape index (κ2) is 10.3. The van der Waals surface area contributed by atoms with Gasteiger partial charge in [-0.25, -0.2) is 9.59 Å². The van der Waals surface area contributed by atoms with Gasteiger partial charge in [0.05, 0.1) is 13.2 Å². The monoisotopic (exact) mass is 362 g/mol. The molecule has 0 aromatic rings. The van der Waals surface area contributed by atoms with Crippen LogP contribution in [0.5, 0.6) is 0 Å². The summed E-state index contributed by atoms with van der Waals surface area (Å²) in [5.74, 6) is -2.54. The Morgan fingerprint density at radius 1 is 1.21 bits per heavy atom. The van der Waals surface area contributed by atoms with Crippen molar-refractivity contribution in [1.29, 1.82) is 0 Å². The van der Waals surface area contributed by atoms with Crippen LogP contribution < -0.4 is 11.1 Å². The minimum absolute atomic E-state index is 0.0307. The number of rotatable bonds is 9. The second-order valence-electron chi connectivity index (χ2n) is 6.11. The molecule has 3 N–H and O–H groups in total. The number of carbonyl (C=O) groups is 4. The van der Waals surface area contributed by atoms with Crippen molar-refractivity contribution in [2.75, 3.05) is 19.1 Å². The number of hydrogen-bond acceptors (Lipinski definition) is 8. The molecule has 0 rings (SSSR count). The summed E-state index contributed by atoms with van der Waals surface area (Å²) in [7, 11) is 1.23. The Balaban J connectivity index is 4.45. The van der Waals surface area contributed by atoms with E-state index >= 15 is 0 Å². The Kier molecular flexibility index (Phi) is 9.60. The van der Waals surface area contributed by atoms with Crippen LogP contribution in [0.1, 0.15) is 33.6 Å². The van der Waals surface area contributed by atoms with E-state index in [9.17, 15) is 19.2 Å². The van der Waals surface area contributed by atoms with Crippen LogP contribution in [0, 0.1) is 0 Å². The zero-order valence-corrected chi connectivity index (χ0v) is 15.5. The van der Waals surface area contributed by atoms with Crippen molar-refractivity contribution in [2.24, 2.45) is 5.73 Å². The first-order valence-electron chi connectivity index (χ1n) is 7.40. The van der Waals surface area contributed by atoms with E-state index in [2.05, 4.69) is 10.1 Å². The Hall–Kier alpha value is -1.61. The van der Waals surface area contributed by atoms with Gasteiger partial charge in [0.2, 0.25) is 5.91 Å². The van der Waals surface area contributed by atoms with E-state index in [-0.39, 0.29) is 12.8 Å². The molecule has 0 aliphatic heterocycles. The van der Waals surface area contributed by atoms with Gasteiger partial charge in [-0.15, -0.1) is 0 Å². The van der Waals surface area contributed by atoms with Crippen LogP contribution in [-0.4, -0.2) is 60.4 Å². The average Bonchev–Trinajstić information content (AvgIpc) is 2.48. The lowest BCUT2D eigenvalue weighted by molar-refractivity contribution is -0.163. The lowest BCUT2D eigenvalue weighted by Crippen LogP contribution is -2.44. The van der Waals surface area contributed by atoms with Gasteiger partial charge in [0.1, 0.15) is 11.6 Å². The summed E-state index contributed by atoms with van der Waals surface area (Å²) in [4.78, 5) is 46.8. The molecule has 0 saturated carbocycles. The quantitative estimate of drug-likeness (QED) is 0.435. The third-order valence-corrected chi connectivity index (χ3v) is 3.44. The fourth-order valence-corrected chi connectivity index (χ4v) is 2.19. The zero-order valence-electron chi connectivity index (χ0n) is 14.7. The highest BCUT2D eigenvalue weighted by Gasteiger charge is 2.28. The number of methoxy groups -OCH3 is 1. The number of esters is 2. The van der Waals surface area contributed by atoms with Gasteiger partial charge in [-0.05, 0) is 33.4 Å². The van der Waals surface area contributed by atoms with Gasteiger partial charge in [-0.3, -0.25) is 9.59 Å². The molecule has 1 amide bonds. The fraction of sp³-hybridized carbons (Fsp3) is 0.733. The summed E-state index contributed by atoms with van der Waals surface area (Å²) in [5.41, 5.74) is 4.84. The van der Waals surface area contributed by atoms with Gasteiger partial charge in [-0.1, -0.05) is 0 Å². The van der Waals surface area contributed by atoms with Crippen molar-refractivity contribution < 1.29 is 28.7 Å². The molecule has 0 aromatic carbocycles. The van der Waals surface area contributed by atoms with E-state index in [4.69, 9.17) is 10.5 Å². The molecule has 0 heterocycles. The molecule has 0 aromatic heterocycles. The molecule has 0 unspecified atom stereocenters. The number of Topliss-reactive ketones (excluding diaryl/α,β-unsaturated/α-hetero) is 1. The van der Waals surface area contributed by atoms with Crippen LogP contribution in [0.3, 0.4) is 0 Å². The van der Waals surface area contributed by atoms with E-state index in [0.717, 1.165) is 0 Å². The van der Waals surface area contributed by atoms with Crippen molar-refractivity contribution in [3.05, 3.63) is 0 Å². The van der Waals surface area contributed by atoms with Gasteiger partial charge >= 0.3 is 11.9 Å². The molecule has 8 nitrogen and oxygen atoms in total. The molecule has 24 heavy (non-hydrogen) atoms. The van der Waals surface area contributed by atoms with Crippen LogP contribution in [-0.2, 0) is 28.7 Å². The number of thioether (sulfide) groups is 1. The summed E-state index contributed by atoms with van der Waals surface area (Å²) >= 11 is 1.38.